The zero-order valence-corrected chi connectivity index (χ0v) is 12.7. The standard InChI is InChI=1S/C16H25NO3/c1-12(20-11-13-8-6-5-7-9-13)15(19)17-10-14(18)16(2,3)4/h5-9,12,14,18H,10-11H2,1-4H3,(H,17,19). The number of carbonyl (C=O) groups excluding carboxylic acids is 1. The number of benzene rings is 1. The van der Waals surface area contributed by atoms with Crippen LogP contribution >= 0.6 is 0 Å². The van der Waals surface area contributed by atoms with Gasteiger partial charge in [-0.3, -0.25) is 4.79 Å². The molecule has 0 fully saturated rings. The van der Waals surface area contributed by atoms with Crippen molar-refractivity contribution in [3.8, 4) is 0 Å². The molecule has 0 aliphatic rings. The summed E-state index contributed by atoms with van der Waals surface area (Å²) in [5.74, 6) is -0.204. The molecule has 112 valence electrons. The lowest BCUT2D eigenvalue weighted by atomic mass is 9.89. The van der Waals surface area contributed by atoms with Crippen LogP contribution in [-0.2, 0) is 16.1 Å². The minimum absolute atomic E-state index is 0.204. The molecule has 0 heterocycles. The van der Waals surface area contributed by atoms with E-state index >= 15 is 0 Å². The molecular weight excluding hydrogens is 254 g/mol. The summed E-state index contributed by atoms with van der Waals surface area (Å²) in [7, 11) is 0. The van der Waals surface area contributed by atoms with E-state index in [1.165, 1.54) is 0 Å². The highest BCUT2D eigenvalue weighted by Crippen LogP contribution is 2.18. The fraction of sp³-hybridized carbons (Fsp3) is 0.562. The number of nitrogens with one attached hydrogen (secondary N) is 1. The van der Waals surface area contributed by atoms with E-state index in [1.54, 1.807) is 6.92 Å². The van der Waals surface area contributed by atoms with Crippen molar-refractivity contribution in [1.82, 2.24) is 5.32 Å². The van der Waals surface area contributed by atoms with Crippen LogP contribution in [0.2, 0.25) is 0 Å². The van der Waals surface area contributed by atoms with Crippen molar-refractivity contribution < 1.29 is 14.6 Å². The largest absolute Gasteiger partial charge is 0.391 e. The number of rotatable bonds is 6. The maximum absolute atomic E-state index is 11.8. The number of hydrogen-bond acceptors (Lipinski definition) is 3. The zero-order chi connectivity index (χ0) is 15.2. The lowest BCUT2D eigenvalue weighted by Crippen LogP contribution is -2.43. The van der Waals surface area contributed by atoms with Gasteiger partial charge in [0, 0.05) is 6.54 Å². The Morgan fingerprint density at radius 1 is 1.30 bits per heavy atom. The molecule has 0 spiro atoms. The number of aliphatic hydroxyl groups excluding tert-OH is 1. The van der Waals surface area contributed by atoms with Gasteiger partial charge in [0.1, 0.15) is 6.10 Å². The average molecular weight is 279 g/mol. The molecule has 1 rings (SSSR count). The van der Waals surface area contributed by atoms with Crippen LogP contribution in [0.3, 0.4) is 0 Å². The van der Waals surface area contributed by atoms with Crippen LogP contribution in [0.15, 0.2) is 30.3 Å². The van der Waals surface area contributed by atoms with Crippen LogP contribution < -0.4 is 5.32 Å². The smallest absolute Gasteiger partial charge is 0.248 e. The van der Waals surface area contributed by atoms with Crippen molar-refractivity contribution in [1.29, 1.82) is 0 Å². The van der Waals surface area contributed by atoms with E-state index in [0.717, 1.165) is 5.56 Å². The van der Waals surface area contributed by atoms with E-state index < -0.39 is 12.2 Å². The number of aliphatic hydroxyl groups is 1. The van der Waals surface area contributed by atoms with Crippen molar-refractivity contribution in [3.63, 3.8) is 0 Å². The van der Waals surface area contributed by atoms with E-state index in [4.69, 9.17) is 4.74 Å². The quantitative estimate of drug-likeness (QED) is 0.838. The Balaban J connectivity index is 2.33. The molecule has 4 heteroatoms. The summed E-state index contributed by atoms with van der Waals surface area (Å²) in [6.07, 6.45) is -1.12. The van der Waals surface area contributed by atoms with Crippen molar-refractivity contribution >= 4 is 5.91 Å². The van der Waals surface area contributed by atoms with Gasteiger partial charge < -0.3 is 15.2 Å². The first-order valence-electron chi connectivity index (χ1n) is 6.92. The Bertz CT molecular complexity index is 411. The van der Waals surface area contributed by atoms with E-state index in [2.05, 4.69) is 5.32 Å². The zero-order valence-electron chi connectivity index (χ0n) is 12.7. The van der Waals surface area contributed by atoms with E-state index in [1.807, 2.05) is 51.1 Å². The normalized spacial score (nSPS) is 14.7. The molecule has 0 bridgehead atoms. The highest BCUT2D eigenvalue weighted by atomic mass is 16.5. The maximum Gasteiger partial charge on any atom is 0.248 e. The van der Waals surface area contributed by atoms with Crippen molar-refractivity contribution in [2.45, 2.75) is 46.5 Å². The molecule has 0 aliphatic heterocycles. The van der Waals surface area contributed by atoms with E-state index in [9.17, 15) is 9.90 Å². The van der Waals surface area contributed by atoms with Crippen molar-refractivity contribution in [3.05, 3.63) is 35.9 Å². The average Bonchev–Trinajstić information content (AvgIpc) is 2.41. The second-order valence-electron chi connectivity index (χ2n) is 6.07. The topological polar surface area (TPSA) is 58.6 Å². The van der Waals surface area contributed by atoms with Gasteiger partial charge in [-0.05, 0) is 17.9 Å². The Kier molecular flexibility index (Phi) is 6.17. The second kappa shape index (κ2) is 7.41. The Labute approximate surface area is 121 Å². The second-order valence-corrected chi connectivity index (χ2v) is 6.07. The third kappa shape index (κ3) is 5.72. The summed E-state index contributed by atoms with van der Waals surface area (Å²) >= 11 is 0. The predicted molar refractivity (Wildman–Crippen MR) is 79.2 cm³/mol. The first-order valence-corrected chi connectivity index (χ1v) is 6.92. The van der Waals surface area contributed by atoms with Gasteiger partial charge in [0.15, 0.2) is 0 Å². The fourth-order valence-corrected chi connectivity index (χ4v) is 1.52. The SMILES string of the molecule is CC(OCc1ccccc1)C(=O)NCC(O)C(C)(C)C. The highest BCUT2D eigenvalue weighted by Gasteiger charge is 2.23. The molecule has 0 saturated heterocycles. The van der Waals surface area contributed by atoms with Gasteiger partial charge in [-0.1, -0.05) is 51.1 Å². The highest BCUT2D eigenvalue weighted by molar-refractivity contribution is 5.80. The summed E-state index contributed by atoms with van der Waals surface area (Å²) in [6.45, 7) is 8.14. The summed E-state index contributed by atoms with van der Waals surface area (Å²) in [6, 6.07) is 9.71. The van der Waals surface area contributed by atoms with Gasteiger partial charge in [0.2, 0.25) is 5.91 Å². The van der Waals surface area contributed by atoms with Gasteiger partial charge in [0.05, 0.1) is 12.7 Å². The van der Waals surface area contributed by atoms with E-state index in [-0.39, 0.29) is 17.9 Å². The summed E-state index contributed by atoms with van der Waals surface area (Å²) in [5.41, 5.74) is 0.781. The van der Waals surface area contributed by atoms with Crippen molar-refractivity contribution in [2.75, 3.05) is 6.54 Å². The monoisotopic (exact) mass is 279 g/mol. The van der Waals surface area contributed by atoms with Crippen LogP contribution in [0.4, 0.5) is 0 Å². The molecule has 1 aromatic rings. The first kappa shape index (κ1) is 16.7. The van der Waals surface area contributed by atoms with Gasteiger partial charge in [-0.25, -0.2) is 0 Å². The Morgan fingerprint density at radius 2 is 1.90 bits per heavy atom. The number of hydrogen-bond donors (Lipinski definition) is 2. The Hall–Kier alpha value is -1.39. The molecule has 20 heavy (non-hydrogen) atoms. The van der Waals surface area contributed by atoms with E-state index in [0.29, 0.717) is 6.61 Å². The summed E-state index contributed by atoms with van der Waals surface area (Å²) < 4.78 is 5.51. The lowest BCUT2D eigenvalue weighted by molar-refractivity contribution is -0.133. The molecule has 0 aromatic heterocycles. The molecule has 1 amide bonds. The van der Waals surface area contributed by atoms with Gasteiger partial charge in [-0.2, -0.15) is 0 Å². The molecule has 2 N–H and O–H groups in total. The lowest BCUT2D eigenvalue weighted by Gasteiger charge is -2.26. The number of carbonyl (C=O) groups is 1. The van der Waals surface area contributed by atoms with Crippen LogP contribution in [0.1, 0.15) is 33.3 Å². The molecule has 0 radical (unpaired) electrons. The summed E-state index contributed by atoms with van der Waals surface area (Å²) in [5, 5.41) is 12.6. The molecule has 4 nitrogen and oxygen atoms in total. The maximum atomic E-state index is 11.8. The molecular formula is C16H25NO3. The van der Waals surface area contributed by atoms with Crippen LogP contribution in [0.25, 0.3) is 0 Å². The molecule has 0 saturated carbocycles. The van der Waals surface area contributed by atoms with Gasteiger partial charge in [-0.15, -0.1) is 0 Å². The van der Waals surface area contributed by atoms with Crippen LogP contribution in [0, 0.1) is 5.41 Å². The predicted octanol–water partition coefficient (Wildman–Crippen LogP) is 2.11. The number of ether oxygens (including phenoxy) is 1. The fourth-order valence-electron chi connectivity index (χ4n) is 1.52. The third-order valence-corrected chi connectivity index (χ3v) is 3.18. The van der Waals surface area contributed by atoms with Gasteiger partial charge >= 0.3 is 0 Å². The first-order chi connectivity index (χ1) is 9.30. The number of amides is 1. The van der Waals surface area contributed by atoms with Crippen molar-refractivity contribution in [2.24, 2.45) is 5.41 Å². The van der Waals surface area contributed by atoms with Gasteiger partial charge in [0.25, 0.3) is 0 Å². The third-order valence-electron chi connectivity index (χ3n) is 3.18. The van der Waals surface area contributed by atoms with Crippen LogP contribution in [-0.4, -0.2) is 29.8 Å². The Morgan fingerprint density at radius 3 is 2.45 bits per heavy atom. The molecule has 1 aromatic carbocycles. The van der Waals surface area contributed by atoms with Crippen LogP contribution in [0.5, 0.6) is 0 Å². The minimum Gasteiger partial charge on any atom is -0.391 e. The molecule has 2 unspecified atom stereocenters. The molecule has 2 atom stereocenters. The molecule has 0 aliphatic carbocycles. The minimum atomic E-state index is -0.576. The summed E-state index contributed by atoms with van der Waals surface area (Å²) in [4.78, 5) is 11.8.